The number of benzene rings is 1. The first-order valence-corrected chi connectivity index (χ1v) is 6.65. The average Bonchev–Trinajstić information content (AvgIpc) is 2.73. The Balaban J connectivity index is 1.77. The van der Waals surface area contributed by atoms with E-state index in [-0.39, 0.29) is 0 Å². The van der Waals surface area contributed by atoms with Crippen LogP contribution in [-0.4, -0.2) is 42.2 Å². The fourth-order valence-corrected chi connectivity index (χ4v) is 2.42. The minimum atomic E-state index is -0.699. The fraction of sp³-hybridized carbons (Fsp3) is 0.533. The molecule has 1 aromatic rings. The fourth-order valence-electron chi connectivity index (χ4n) is 2.42. The van der Waals surface area contributed by atoms with Crippen LogP contribution in [0.2, 0.25) is 0 Å². The molecule has 1 atom stereocenters. The van der Waals surface area contributed by atoms with Gasteiger partial charge in [-0.1, -0.05) is 12.1 Å². The molecule has 1 aliphatic heterocycles. The van der Waals surface area contributed by atoms with Crippen molar-refractivity contribution in [2.24, 2.45) is 5.41 Å². The van der Waals surface area contributed by atoms with Crippen molar-refractivity contribution >= 4 is 5.97 Å². The molecular formula is C15H21NO3. The van der Waals surface area contributed by atoms with Gasteiger partial charge in [-0.05, 0) is 44.5 Å². The van der Waals surface area contributed by atoms with Crippen LogP contribution >= 0.6 is 0 Å². The first-order chi connectivity index (χ1) is 8.99. The first kappa shape index (κ1) is 13.9. The maximum absolute atomic E-state index is 11.1. The van der Waals surface area contributed by atoms with Gasteiger partial charge in [0, 0.05) is 13.1 Å². The zero-order chi connectivity index (χ0) is 13.9. The number of ether oxygens (including phenoxy) is 1. The van der Waals surface area contributed by atoms with Gasteiger partial charge in [-0.2, -0.15) is 0 Å². The van der Waals surface area contributed by atoms with Gasteiger partial charge in [0.25, 0.3) is 0 Å². The van der Waals surface area contributed by atoms with Crippen LogP contribution in [0.25, 0.3) is 0 Å². The van der Waals surface area contributed by atoms with E-state index >= 15 is 0 Å². The highest BCUT2D eigenvalue weighted by atomic mass is 16.5. The number of hydrogen-bond donors (Lipinski definition) is 1. The van der Waals surface area contributed by atoms with Crippen LogP contribution in [-0.2, 0) is 4.79 Å². The molecule has 104 valence electrons. The Morgan fingerprint density at radius 2 is 2.32 bits per heavy atom. The second-order valence-corrected chi connectivity index (χ2v) is 5.56. The Morgan fingerprint density at radius 1 is 1.53 bits per heavy atom. The van der Waals surface area contributed by atoms with Gasteiger partial charge in [0.05, 0.1) is 5.41 Å². The van der Waals surface area contributed by atoms with Crippen LogP contribution in [0.5, 0.6) is 5.75 Å². The second kappa shape index (κ2) is 5.61. The monoisotopic (exact) mass is 263 g/mol. The highest BCUT2D eigenvalue weighted by Gasteiger charge is 2.40. The van der Waals surface area contributed by atoms with Gasteiger partial charge < -0.3 is 9.84 Å². The maximum Gasteiger partial charge on any atom is 0.310 e. The number of rotatable bonds is 5. The lowest BCUT2D eigenvalue weighted by atomic mass is 9.90. The minimum absolute atomic E-state index is 0.594. The molecule has 0 aromatic heterocycles. The molecule has 19 heavy (non-hydrogen) atoms. The molecule has 1 aromatic carbocycles. The summed E-state index contributed by atoms with van der Waals surface area (Å²) in [6.45, 7) is 6.66. The van der Waals surface area contributed by atoms with Gasteiger partial charge >= 0.3 is 5.97 Å². The highest BCUT2D eigenvalue weighted by molar-refractivity contribution is 5.74. The summed E-state index contributed by atoms with van der Waals surface area (Å²) in [4.78, 5) is 13.3. The molecule has 1 fully saturated rings. The number of carbonyl (C=O) groups is 1. The quantitative estimate of drug-likeness (QED) is 0.884. The molecule has 1 N–H and O–H groups in total. The Hall–Kier alpha value is -1.55. The predicted molar refractivity (Wildman–Crippen MR) is 73.5 cm³/mol. The molecule has 0 unspecified atom stereocenters. The third-order valence-electron chi connectivity index (χ3n) is 3.73. The zero-order valence-electron chi connectivity index (χ0n) is 11.6. The third-order valence-corrected chi connectivity index (χ3v) is 3.73. The van der Waals surface area contributed by atoms with E-state index in [4.69, 9.17) is 9.84 Å². The Bertz CT molecular complexity index is 460. The van der Waals surface area contributed by atoms with Crippen molar-refractivity contribution < 1.29 is 14.6 Å². The summed E-state index contributed by atoms with van der Waals surface area (Å²) in [5.74, 6) is 0.176. The largest absolute Gasteiger partial charge is 0.492 e. The van der Waals surface area contributed by atoms with Crippen LogP contribution < -0.4 is 4.74 Å². The van der Waals surface area contributed by atoms with Crippen molar-refractivity contribution in [2.75, 3.05) is 26.2 Å². The van der Waals surface area contributed by atoms with Gasteiger partial charge in [0.2, 0.25) is 0 Å². The molecule has 0 aliphatic carbocycles. The molecular weight excluding hydrogens is 242 g/mol. The standard InChI is InChI=1S/C15H21NO3/c1-12-4-3-5-13(10-12)19-9-8-16-7-6-15(2,11-16)14(17)18/h3-5,10H,6-9,11H2,1-2H3,(H,17,18)/t15-/m0/s1. The van der Waals surface area contributed by atoms with E-state index in [9.17, 15) is 4.79 Å². The van der Waals surface area contributed by atoms with E-state index in [0.717, 1.165) is 18.8 Å². The molecule has 0 saturated carbocycles. The van der Waals surface area contributed by atoms with Crippen LogP contribution in [0.3, 0.4) is 0 Å². The molecule has 4 heteroatoms. The van der Waals surface area contributed by atoms with E-state index in [1.165, 1.54) is 5.56 Å². The lowest BCUT2D eigenvalue weighted by molar-refractivity contribution is -0.147. The minimum Gasteiger partial charge on any atom is -0.492 e. The summed E-state index contributed by atoms with van der Waals surface area (Å²) in [5.41, 5.74) is 0.584. The molecule has 0 radical (unpaired) electrons. The normalized spacial score (nSPS) is 23.5. The number of nitrogens with zero attached hydrogens (tertiary/aromatic N) is 1. The lowest BCUT2D eigenvalue weighted by Gasteiger charge is -2.20. The van der Waals surface area contributed by atoms with Gasteiger partial charge in [-0.25, -0.2) is 0 Å². The number of carboxylic acid groups (broad SMARTS) is 1. The summed E-state index contributed by atoms with van der Waals surface area (Å²) in [5, 5.41) is 9.17. The summed E-state index contributed by atoms with van der Waals surface area (Å²) < 4.78 is 5.69. The van der Waals surface area contributed by atoms with Gasteiger partial charge in [-0.3, -0.25) is 9.69 Å². The molecule has 2 rings (SSSR count). The van der Waals surface area contributed by atoms with Crippen LogP contribution in [0.4, 0.5) is 0 Å². The van der Waals surface area contributed by atoms with Crippen LogP contribution in [0.1, 0.15) is 18.9 Å². The average molecular weight is 263 g/mol. The second-order valence-electron chi connectivity index (χ2n) is 5.56. The van der Waals surface area contributed by atoms with Crippen LogP contribution in [0, 0.1) is 12.3 Å². The molecule has 0 bridgehead atoms. The first-order valence-electron chi connectivity index (χ1n) is 6.65. The maximum atomic E-state index is 11.1. The van der Waals surface area contributed by atoms with Crippen molar-refractivity contribution in [1.82, 2.24) is 4.90 Å². The van der Waals surface area contributed by atoms with E-state index < -0.39 is 11.4 Å². The zero-order valence-corrected chi connectivity index (χ0v) is 11.6. The third kappa shape index (κ3) is 3.47. The van der Waals surface area contributed by atoms with Crippen molar-refractivity contribution in [3.63, 3.8) is 0 Å². The molecule has 4 nitrogen and oxygen atoms in total. The number of likely N-dealkylation sites (tertiary alicyclic amines) is 1. The summed E-state index contributed by atoms with van der Waals surface area (Å²) in [7, 11) is 0. The Labute approximate surface area is 114 Å². The highest BCUT2D eigenvalue weighted by Crippen LogP contribution is 2.29. The number of hydrogen-bond acceptors (Lipinski definition) is 3. The van der Waals surface area contributed by atoms with E-state index in [1.807, 2.05) is 38.1 Å². The van der Waals surface area contributed by atoms with Crippen LogP contribution in [0.15, 0.2) is 24.3 Å². The topological polar surface area (TPSA) is 49.8 Å². The molecule has 0 amide bonds. The number of aliphatic carboxylic acids is 1. The summed E-state index contributed by atoms with van der Waals surface area (Å²) in [6.07, 6.45) is 0.715. The van der Waals surface area contributed by atoms with Crippen molar-refractivity contribution in [1.29, 1.82) is 0 Å². The summed E-state index contributed by atoms with van der Waals surface area (Å²) in [6, 6.07) is 7.96. The molecule has 1 aliphatic rings. The van der Waals surface area contributed by atoms with E-state index in [0.29, 0.717) is 19.6 Å². The Morgan fingerprint density at radius 3 is 2.95 bits per heavy atom. The van der Waals surface area contributed by atoms with Gasteiger partial charge in [-0.15, -0.1) is 0 Å². The SMILES string of the molecule is Cc1cccc(OCCN2CC[C@](C)(C(=O)O)C2)c1. The number of aryl methyl sites for hydroxylation is 1. The smallest absolute Gasteiger partial charge is 0.310 e. The van der Waals surface area contributed by atoms with Crippen molar-refractivity contribution in [2.45, 2.75) is 20.3 Å². The molecule has 1 heterocycles. The van der Waals surface area contributed by atoms with Gasteiger partial charge in [0.15, 0.2) is 0 Å². The number of carboxylic acids is 1. The Kier molecular flexibility index (Phi) is 4.10. The lowest BCUT2D eigenvalue weighted by Crippen LogP contribution is -2.33. The van der Waals surface area contributed by atoms with Crippen molar-refractivity contribution in [3.05, 3.63) is 29.8 Å². The van der Waals surface area contributed by atoms with E-state index in [2.05, 4.69) is 4.90 Å². The molecule has 1 saturated heterocycles. The predicted octanol–water partition coefficient (Wildman–Crippen LogP) is 2.17. The van der Waals surface area contributed by atoms with Crippen molar-refractivity contribution in [3.8, 4) is 5.75 Å². The molecule has 0 spiro atoms. The van der Waals surface area contributed by atoms with E-state index in [1.54, 1.807) is 0 Å². The van der Waals surface area contributed by atoms with Gasteiger partial charge in [0.1, 0.15) is 12.4 Å². The summed E-state index contributed by atoms with van der Waals surface area (Å²) >= 11 is 0.